The molecule has 0 unspecified atom stereocenters. The van der Waals surface area contributed by atoms with Crippen LogP contribution in [0, 0.1) is 6.42 Å². The van der Waals surface area contributed by atoms with Crippen LogP contribution in [0.15, 0.2) is 24.3 Å². The zero-order chi connectivity index (χ0) is 8.23. The highest BCUT2D eigenvalue weighted by Gasteiger charge is 2.04. The predicted molar refractivity (Wildman–Crippen MR) is 51.0 cm³/mol. The molecule has 1 nitrogen and oxygen atoms in total. The van der Waals surface area contributed by atoms with E-state index in [0.717, 1.165) is 13.1 Å². The third-order valence-electron chi connectivity index (χ3n) is 2.32. The first-order valence-corrected chi connectivity index (χ1v) is 4.58. The molecule has 0 aliphatic carbocycles. The molecule has 2 rings (SSSR count). The zero-order valence-electron chi connectivity index (χ0n) is 7.22. The molecule has 1 radical (unpaired) electrons. The quantitative estimate of drug-likeness (QED) is 0.610. The van der Waals surface area contributed by atoms with Crippen LogP contribution in [-0.2, 0) is 6.42 Å². The number of fused-ring (bicyclic) bond motifs is 1. The minimum absolute atomic E-state index is 1.01. The monoisotopic (exact) mass is 160 g/mol. The van der Waals surface area contributed by atoms with E-state index >= 15 is 0 Å². The van der Waals surface area contributed by atoms with Crippen molar-refractivity contribution in [2.45, 2.75) is 12.8 Å². The Kier molecular flexibility index (Phi) is 2.42. The van der Waals surface area contributed by atoms with Crippen molar-refractivity contribution in [2.24, 2.45) is 0 Å². The lowest BCUT2D eigenvalue weighted by Gasteiger charge is -2.13. The van der Waals surface area contributed by atoms with E-state index in [4.69, 9.17) is 0 Å². The lowest BCUT2D eigenvalue weighted by molar-refractivity contribution is 0.667. The number of hydrogen-bond donors (Lipinski definition) is 1. The number of aryl methyl sites for hydroxylation is 1. The second-order valence-electron chi connectivity index (χ2n) is 3.21. The van der Waals surface area contributed by atoms with Crippen LogP contribution >= 0.6 is 0 Å². The minimum atomic E-state index is 1.01. The van der Waals surface area contributed by atoms with E-state index in [1.165, 1.54) is 24.0 Å². The van der Waals surface area contributed by atoms with Crippen molar-refractivity contribution in [1.29, 1.82) is 0 Å². The van der Waals surface area contributed by atoms with Crippen molar-refractivity contribution < 1.29 is 0 Å². The van der Waals surface area contributed by atoms with Gasteiger partial charge < -0.3 is 5.32 Å². The van der Waals surface area contributed by atoms with Gasteiger partial charge in [0.25, 0.3) is 0 Å². The van der Waals surface area contributed by atoms with E-state index in [9.17, 15) is 0 Å². The number of benzene rings is 1. The molecule has 12 heavy (non-hydrogen) atoms. The summed E-state index contributed by atoms with van der Waals surface area (Å²) in [6.45, 7) is 2.15. The smallest absolute Gasteiger partial charge is 0.00472 e. The van der Waals surface area contributed by atoms with Crippen LogP contribution < -0.4 is 5.32 Å². The molecule has 0 fully saturated rings. The SMILES string of the molecule is [CH]1CNCCCc2ccccc21. The third-order valence-corrected chi connectivity index (χ3v) is 2.32. The molecule has 0 atom stereocenters. The first-order chi connectivity index (χ1) is 5.97. The van der Waals surface area contributed by atoms with Gasteiger partial charge in [0.05, 0.1) is 0 Å². The second kappa shape index (κ2) is 3.72. The summed E-state index contributed by atoms with van der Waals surface area (Å²) in [7, 11) is 0. The van der Waals surface area contributed by atoms with Crippen LogP contribution in [0.25, 0.3) is 0 Å². The summed E-state index contributed by atoms with van der Waals surface area (Å²) < 4.78 is 0. The normalized spacial score (nSPS) is 17.7. The lowest BCUT2D eigenvalue weighted by atomic mass is 9.99. The topological polar surface area (TPSA) is 12.0 Å². The molecule has 1 N–H and O–H groups in total. The van der Waals surface area contributed by atoms with E-state index in [0.29, 0.717) is 0 Å². The molecule has 1 heterocycles. The van der Waals surface area contributed by atoms with Crippen molar-refractivity contribution in [3.05, 3.63) is 41.8 Å². The van der Waals surface area contributed by atoms with Crippen LogP contribution in [0.2, 0.25) is 0 Å². The van der Waals surface area contributed by atoms with E-state index in [1.807, 2.05) is 0 Å². The summed E-state index contributed by atoms with van der Waals surface area (Å²) in [5.41, 5.74) is 2.91. The van der Waals surface area contributed by atoms with Crippen LogP contribution in [0.1, 0.15) is 17.5 Å². The Labute approximate surface area is 73.8 Å². The fraction of sp³-hybridized carbons (Fsp3) is 0.364. The Hall–Kier alpha value is -0.820. The predicted octanol–water partition coefficient (Wildman–Crippen LogP) is 1.77. The average Bonchev–Trinajstić information content (AvgIpc) is 2.06. The van der Waals surface area contributed by atoms with E-state index in [1.54, 1.807) is 0 Å². The molecule has 1 heteroatoms. The van der Waals surface area contributed by atoms with Crippen molar-refractivity contribution in [2.75, 3.05) is 13.1 Å². The molecule has 1 aromatic carbocycles. The Morgan fingerprint density at radius 1 is 1.17 bits per heavy atom. The molecule has 1 aliphatic heterocycles. The van der Waals surface area contributed by atoms with Gasteiger partial charge in [0.2, 0.25) is 0 Å². The van der Waals surface area contributed by atoms with E-state index in [2.05, 4.69) is 36.0 Å². The molecule has 0 saturated heterocycles. The van der Waals surface area contributed by atoms with Crippen LogP contribution in [0.3, 0.4) is 0 Å². The van der Waals surface area contributed by atoms with Gasteiger partial charge in [0, 0.05) is 13.0 Å². The summed E-state index contributed by atoms with van der Waals surface area (Å²) in [5, 5.41) is 3.37. The maximum atomic E-state index is 3.37. The van der Waals surface area contributed by atoms with Crippen molar-refractivity contribution in [3.63, 3.8) is 0 Å². The molecule has 0 amide bonds. The van der Waals surface area contributed by atoms with E-state index in [-0.39, 0.29) is 0 Å². The fourth-order valence-corrected chi connectivity index (χ4v) is 1.65. The maximum Gasteiger partial charge on any atom is 0.00472 e. The molecule has 63 valence electrons. The second-order valence-corrected chi connectivity index (χ2v) is 3.21. The molecule has 1 aliphatic rings. The van der Waals surface area contributed by atoms with Gasteiger partial charge in [-0.15, -0.1) is 0 Å². The van der Waals surface area contributed by atoms with Gasteiger partial charge in [0.1, 0.15) is 0 Å². The number of nitrogens with one attached hydrogen (secondary N) is 1. The Morgan fingerprint density at radius 2 is 2.08 bits per heavy atom. The highest BCUT2D eigenvalue weighted by molar-refractivity contribution is 5.33. The van der Waals surface area contributed by atoms with Crippen molar-refractivity contribution >= 4 is 0 Å². The summed E-state index contributed by atoms with van der Waals surface area (Å²) in [6.07, 6.45) is 4.74. The summed E-state index contributed by atoms with van der Waals surface area (Å²) in [5.74, 6) is 0. The van der Waals surface area contributed by atoms with Gasteiger partial charge in [0.15, 0.2) is 0 Å². The van der Waals surface area contributed by atoms with Gasteiger partial charge in [-0.05, 0) is 30.5 Å². The largest absolute Gasteiger partial charge is 0.316 e. The Morgan fingerprint density at radius 3 is 3.08 bits per heavy atom. The molecule has 0 bridgehead atoms. The summed E-state index contributed by atoms with van der Waals surface area (Å²) in [4.78, 5) is 0. The first-order valence-electron chi connectivity index (χ1n) is 4.58. The number of rotatable bonds is 0. The average molecular weight is 160 g/mol. The molecule has 0 spiro atoms. The van der Waals surface area contributed by atoms with Crippen molar-refractivity contribution in [1.82, 2.24) is 5.32 Å². The Bertz CT molecular complexity index is 228. The van der Waals surface area contributed by atoms with Crippen LogP contribution in [0.5, 0.6) is 0 Å². The van der Waals surface area contributed by atoms with Gasteiger partial charge in [-0.3, -0.25) is 0 Å². The van der Waals surface area contributed by atoms with Gasteiger partial charge in [-0.1, -0.05) is 24.3 Å². The zero-order valence-corrected chi connectivity index (χ0v) is 7.22. The van der Waals surface area contributed by atoms with Crippen LogP contribution in [0.4, 0.5) is 0 Å². The third kappa shape index (κ3) is 1.67. The molecule has 0 saturated carbocycles. The van der Waals surface area contributed by atoms with Crippen molar-refractivity contribution in [3.8, 4) is 0 Å². The van der Waals surface area contributed by atoms with Gasteiger partial charge >= 0.3 is 0 Å². The molecular weight excluding hydrogens is 146 g/mol. The Balaban J connectivity index is 2.24. The maximum absolute atomic E-state index is 3.37. The number of hydrogen-bond acceptors (Lipinski definition) is 1. The summed E-state index contributed by atoms with van der Waals surface area (Å²) >= 11 is 0. The molecule has 1 aromatic rings. The van der Waals surface area contributed by atoms with Gasteiger partial charge in [-0.25, -0.2) is 0 Å². The van der Waals surface area contributed by atoms with Crippen LogP contribution in [-0.4, -0.2) is 13.1 Å². The standard InChI is InChI=1S/C11H14N/c1-2-5-11-7-9-12-8-3-6-10(11)4-1/h1-2,4-5,7,12H,3,6,8-9H2. The first kappa shape index (κ1) is 7.81. The molecule has 0 aromatic heterocycles. The highest BCUT2D eigenvalue weighted by Crippen LogP contribution is 2.13. The lowest BCUT2D eigenvalue weighted by Crippen LogP contribution is -2.20. The molecular formula is C11H14N. The minimum Gasteiger partial charge on any atom is -0.316 e. The summed E-state index contributed by atoms with van der Waals surface area (Å²) in [6, 6.07) is 8.66. The van der Waals surface area contributed by atoms with Gasteiger partial charge in [-0.2, -0.15) is 0 Å². The van der Waals surface area contributed by atoms with E-state index < -0.39 is 0 Å². The highest BCUT2D eigenvalue weighted by atomic mass is 14.8. The fourth-order valence-electron chi connectivity index (χ4n) is 1.65.